The van der Waals surface area contributed by atoms with Crippen LogP contribution in [0.4, 0.5) is 0 Å². The highest BCUT2D eigenvalue weighted by atomic mass is 16.2. The normalized spacial score (nSPS) is 23.5. The van der Waals surface area contributed by atoms with Crippen LogP contribution in [0, 0.1) is 0 Å². The number of hydrogen-bond donors (Lipinski definition) is 0. The van der Waals surface area contributed by atoms with Crippen LogP contribution in [-0.2, 0) is 11.3 Å². The van der Waals surface area contributed by atoms with Crippen LogP contribution in [0.15, 0.2) is 48.7 Å². The topological polar surface area (TPSA) is 36.4 Å². The van der Waals surface area contributed by atoms with Crippen LogP contribution in [0.2, 0.25) is 0 Å². The predicted octanol–water partition coefficient (Wildman–Crippen LogP) is 3.72. The molecule has 1 aromatic carbocycles. The van der Waals surface area contributed by atoms with E-state index in [1.54, 1.807) is 6.92 Å². The lowest BCUT2D eigenvalue weighted by molar-refractivity contribution is -0.130. The van der Waals surface area contributed by atoms with Crippen LogP contribution in [0.3, 0.4) is 0 Å². The SMILES string of the molecule is CC(=O)N1CC[C@@H]2[C@H]1CCCCN2Cc1ccc(-c2ccccn2)cc1. The average Bonchev–Trinajstić information content (AvgIpc) is 3.00. The van der Waals surface area contributed by atoms with Crippen LogP contribution in [0.25, 0.3) is 11.3 Å². The first-order valence-electron chi connectivity index (χ1n) is 9.74. The van der Waals surface area contributed by atoms with Crippen molar-refractivity contribution >= 4 is 5.91 Å². The Labute approximate surface area is 155 Å². The third-order valence-electron chi connectivity index (χ3n) is 5.88. The average molecular weight is 349 g/mol. The van der Waals surface area contributed by atoms with Crippen molar-refractivity contribution in [2.75, 3.05) is 13.1 Å². The quantitative estimate of drug-likeness (QED) is 0.847. The van der Waals surface area contributed by atoms with Crippen molar-refractivity contribution in [1.82, 2.24) is 14.8 Å². The predicted molar refractivity (Wildman–Crippen MR) is 104 cm³/mol. The first-order valence-corrected chi connectivity index (χ1v) is 9.74. The van der Waals surface area contributed by atoms with Gasteiger partial charge in [-0.1, -0.05) is 36.8 Å². The van der Waals surface area contributed by atoms with E-state index in [-0.39, 0.29) is 5.91 Å². The van der Waals surface area contributed by atoms with Gasteiger partial charge in [-0.15, -0.1) is 0 Å². The highest BCUT2D eigenvalue weighted by Crippen LogP contribution is 2.31. The Morgan fingerprint density at radius 3 is 2.62 bits per heavy atom. The van der Waals surface area contributed by atoms with E-state index in [4.69, 9.17) is 0 Å². The summed E-state index contributed by atoms with van der Waals surface area (Å²) < 4.78 is 0. The fourth-order valence-electron chi connectivity index (χ4n) is 4.58. The van der Waals surface area contributed by atoms with Gasteiger partial charge >= 0.3 is 0 Å². The Morgan fingerprint density at radius 2 is 1.88 bits per heavy atom. The van der Waals surface area contributed by atoms with Crippen molar-refractivity contribution in [3.05, 3.63) is 54.2 Å². The zero-order valence-corrected chi connectivity index (χ0v) is 15.5. The van der Waals surface area contributed by atoms with Crippen LogP contribution in [0.5, 0.6) is 0 Å². The molecule has 4 nitrogen and oxygen atoms in total. The van der Waals surface area contributed by atoms with Gasteiger partial charge in [0.1, 0.15) is 0 Å². The van der Waals surface area contributed by atoms with Crippen molar-refractivity contribution in [2.45, 2.75) is 51.2 Å². The molecule has 0 spiro atoms. The number of carbonyl (C=O) groups is 1. The molecule has 0 aliphatic carbocycles. The van der Waals surface area contributed by atoms with Crippen LogP contribution in [-0.4, -0.2) is 45.9 Å². The summed E-state index contributed by atoms with van der Waals surface area (Å²) in [5.41, 5.74) is 3.51. The molecule has 1 aromatic heterocycles. The highest BCUT2D eigenvalue weighted by molar-refractivity contribution is 5.74. The maximum atomic E-state index is 12.0. The first-order chi connectivity index (χ1) is 12.7. The number of pyridine rings is 1. The molecular formula is C22H27N3O. The third kappa shape index (κ3) is 3.51. The summed E-state index contributed by atoms with van der Waals surface area (Å²) in [6.45, 7) is 4.73. The van der Waals surface area contributed by atoms with Gasteiger partial charge in [-0.25, -0.2) is 0 Å². The van der Waals surface area contributed by atoms with Gasteiger partial charge in [0.05, 0.1) is 5.69 Å². The molecule has 2 atom stereocenters. The van der Waals surface area contributed by atoms with Gasteiger partial charge in [0.25, 0.3) is 0 Å². The molecule has 2 aromatic rings. The second-order valence-electron chi connectivity index (χ2n) is 7.51. The summed E-state index contributed by atoms with van der Waals surface area (Å²) >= 11 is 0. The van der Waals surface area contributed by atoms with E-state index in [0.717, 1.165) is 43.7 Å². The molecule has 2 saturated heterocycles. The lowest BCUT2D eigenvalue weighted by Crippen LogP contribution is -2.44. The minimum Gasteiger partial charge on any atom is -0.338 e. The van der Waals surface area contributed by atoms with Gasteiger partial charge in [0.2, 0.25) is 5.91 Å². The molecule has 0 saturated carbocycles. The number of rotatable bonds is 3. The lowest BCUT2D eigenvalue weighted by Gasteiger charge is -2.32. The fourth-order valence-corrected chi connectivity index (χ4v) is 4.58. The summed E-state index contributed by atoms with van der Waals surface area (Å²) in [4.78, 5) is 21.1. The molecule has 0 N–H and O–H groups in total. The van der Waals surface area contributed by atoms with Crippen LogP contribution in [0.1, 0.15) is 38.2 Å². The van der Waals surface area contributed by atoms with E-state index >= 15 is 0 Å². The van der Waals surface area contributed by atoms with Crippen molar-refractivity contribution in [3.63, 3.8) is 0 Å². The Hall–Kier alpha value is -2.20. The molecule has 0 bridgehead atoms. The molecular weight excluding hydrogens is 322 g/mol. The second kappa shape index (κ2) is 7.58. The van der Waals surface area contributed by atoms with Gasteiger partial charge < -0.3 is 4.90 Å². The molecule has 2 fully saturated rings. The molecule has 4 heteroatoms. The van der Waals surface area contributed by atoms with E-state index in [1.165, 1.54) is 18.4 Å². The summed E-state index contributed by atoms with van der Waals surface area (Å²) in [5, 5.41) is 0. The zero-order chi connectivity index (χ0) is 17.9. The molecule has 136 valence electrons. The minimum atomic E-state index is 0.235. The molecule has 0 unspecified atom stereocenters. The zero-order valence-electron chi connectivity index (χ0n) is 15.5. The first kappa shape index (κ1) is 17.2. The molecule has 0 radical (unpaired) electrons. The summed E-state index contributed by atoms with van der Waals surface area (Å²) in [6, 6.07) is 15.7. The molecule has 1 amide bonds. The Morgan fingerprint density at radius 1 is 1.04 bits per heavy atom. The lowest BCUT2D eigenvalue weighted by atomic mass is 10.0. The van der Waals surface area contributed by atoms with E-state index in [0.29, 0.717) is 12.1 Å². The largest absolute Gasteiger partial charge is 0.338 e. The van der Waals surface area contributed by atoms with Crippen LogP contribution >= 0.6 is 0 Å². The highest BCUT2D eigenvalue weighted by Gasteiger charge is 2.39. The number of fused-ring (bicyclic) bond motifs is 1. The van der Waals surface area contributed by atoms with Gasteiger partial charge in [-0.2, -0.15) is 0 Å². The third-order valence-corrected chi connectivity index (χ3v) is 5.88. The number of amides is 1. The second-order valence-corrected chi connectivity index (χ2v) is 7.51. The Balaban J connectivity index is 1.48. The minimum absolute atomic E-state index is 0.235. The summed E-state index contributed by atoms with van der Waals surface area (Å²) in [6.07, 6.45) is 6.54. The molecule has 26 heavy (non-hydrogen) atoms. The maximum Gasteiger partial charge on any atom is 0.219 e. The molecule has 4 rings (SSSR count). The number of hydrogen-bond acceptors (Lipinski definition) is 3. The van der Waals surface area contributed by atoms with Crippen molar-refractivity contribution in [3.8, 4) is 11.3 Å². The number of nitrogens with zero attached hydrogens (tertiary/aromatic N) is 3. The standard InChI is InChI=1S/C22H27N3O/c1-17(26)25-15-12-21-22(25)7-3-5-14-24(21)16-18-8-10-19(11-9-18)20-6-2-4-13-23-20/h2,4,6,8-11,13,21-22H,3,5,7,12,14-16H2,1H3/t21-,22-/m1/s1. The molecule has 2 aliphatic rings. The van der Waals surface area contributed by atoms with Gasteiger partial charge in [-0.3, -0.25) is 14.7 Å². The van der Waals surface area contributed by atoms with E-state index in [9.17, 15) is 4.79 Å². The molecule has 2 aliphatic heterocycles. The van der Waals surface area contributed by atoms with Gasteiger partial charge in [0.15, 0.2) is 0 Å². The summed E-state index contributed by atoms with van der Waals surface area (Å²) in [5.74, 6) is 0.235. The fraction of sp³-hybridized carbons (Fsp3) is 0.455. The van der Waals surface area contributed by atoms with Crippen molar-refractivity contribution in [1.29, 1.82) is 0 Å². The van der Waals surface area contributed by atoms with Gasteiger partial charge in [0, 0.05) is 43.9 Å². The van der Waals surface area contributed by atoms with Gasteiger partial charge in [-0.05, 0) is 43.5 Å². The Bertz CT molecular complexity index is 744. The number of likely N-dealkylation sites (tertiary alicyclic amines) is 2. The van der Waals surface area contributed by atoms with Crippen LogP contribution < -0.4 is 0 Å². The maximum absolute atomic E-state index is 12.0. The van der Waals surface area contributed by atoms with Crippen molar-refractivity contribution in [2.24, 2.45) is 0 Å². The number of carbonyl (C=O) groups excluding carboxylic acids is 1. The smallest absolute Gasteiger partial charge is 0.219 e. The monoisotopic (exact) mass is 349 g/mol. The van der Waals surface area contributed by atoms with E-state index < -0.39 is 0 Å². The van der Waals surface area contributed by atoms with Crippen molar-refractivity contribution < 1.29 is 4.79 Å². The Kier molecular flexibility index (Phi) is 5.02. The van der Waals surface area contributed by atoms with E-state index in [1.807, 2.05) is 24.4 Å². The van der Waals surface area contributed by atoms with E-state index in [2.05, 4.69) is 39.0 Å². The number of aromatic nitrogens is 1. The molecule has 3 heterocycles. The number of benzene rings is 1. The summed E-state index contributed by atoms with van der Waals surface area (Å²) in [7, 11) is 0.